The van der Waals surface area contributed by atoms with Crippen molar-refractivity contribution in [3.8, 4) is 11.3 Å². The summed E-state index contributed by atoms with van der Waals surface area (Å²) in [5.41, 5.74) is 3.41. The Kier molecular flexibility index (Phi) is 6.92. The van der Waals surface area contributed by atoms with E-state index in [0.29, 0.717) is 42.6 Å². The van der Waals surface area contributed by atoms with Crippen LogP contribution >= 0.6 is 11.3 Å². The fraction of sp³-hybridized carbons (Fsp3) is 0.292. The molecule has 0 aliphatic carbocycles. The zero-order valence-electron chi connectivity index (χ0n) is 17.9. The highest BCUT2D eigenvalue weighted by Crippen LogP contribution is 2.25. The summed E-state index contributed by atoms with van der Waals surface area (Å²) in [6, 6.07) is 13.9. The number of aryl methyl sites for hydroxylation is 1. The van der Waals surface area contributed by atoms with Gasteiger partial charge in [-0.2, -0.15) is 0 Å². The van der Waals surface area contributed by atoms with Crippen LogP contribution in [0.3, 0.4) is 0 Å². The molecular formula is C24H25FN4O2S. The van der Waals surface area contributed by atoms with Crippen molar-refractivity contribution in [2.75, 3.05) is 38.0 Å². The number of thiazole rings is 1. The standard InChI is InChI=1S/C24H25FN4O2S/c1-2-17-3-5-19(6-4-17)23(31)29-13-11-28(12-14-29)15-22(30)27-24-26-21(16-32-24)18-7-9-20(25)10-8-18/h3-10,16H,2,11-15H2,1H3,(H,26,27,30). The molecule has 0 unspecified atom stereocenters. The molecule has 1 fully saturated rings. The summed E-state index contributed by atoms with van der Waals surface area (Å²) >= 11 is 1.34. The number of hydrogen-bond donors (Lipinski definition) is 1. The number of anilines is 1. The maximum atomic E-state index is 13.1. The molecule has 32 heavy (non-hydrogen) atoms. The molecule has 0 bridgehead atoms. The monoisotopic (exact) mass is 452 g/mol. The van der Waals surface area contributed by atoms with Crippen molar-refractivity contribution in [1.29, 1.82) is 0 Å². The van der Waals surface area contributed by atoms with E-state index < -0.39 is 0 Å². The third-order valence-corrected chi connectivity index (χ3v) is 6.28. The minimum absolute atomic E-state index is 0.0351. The minimum Gasteiger partial charge on any atom is -0.336 e. The predicted molar refractivity (Wildman–Crippen MR) is 124 cm³/mol. The van der Waals surface area contributed by atoms with Crippen LogP contribution in [0.5, 0.6) is 0 Å². The van der Waals surface area contributed by atoms with Gasteiger partial charge < -0.3 is 10.2 Å². The SMILES string of the molecule is CCc1ccc(C(=O)N2CCN(CC(=O)Nc3nc(-c4ccc(F)cc4)cs3)CC2)cc1. The molecule has 0 spiro atoms. The molecule has 3 aromatic rings. The number of hydrogen-bond acceptors (Lipinski definition) is 5. The van der Waals surface area contributed by atoms with Gasteiger partial charge in [-0.15, -0.1) is 11.3 Å². The van der Waals surface area contributed by atoms with Crippen LogP contribution in [0.4, 0.5) is 9.52 Å². The van der Waals surface area contributed by atoms with E-state index in [9.17, 15) is 14.0 Å². The molecule has 1 aromatic heterocycles. The van der Waals surface area contributed by atoms with Gasteiger partial charge in [0.1, 0.15) is 5.82 Å². The average Bonchev–Trinajstić information content (AvgIpc) is 3.28. The van der Waals surface area contributed by atoms with E-state index >= 15 is 0 Å². The molecule has 166 valence electrons. The molecule has 1 aliphatic rings. The first-order valence-electron chi connectivity index (χ1n) is 10.6. The van der Waals surface area contributed by atoms with Gasteiger partial charge in [0.25, 0.3) is 5.91 Å². The van der Waals surface area contributed by atoms with Crippen LogP contribution in [0.2, 0.25) is 0 Å². The van der Waals surface area contributed by atoms with Crippen LogP contribution in [0.15, 0.2) is 53.9 Å². The third kappa shape index (κ3) is 5.38. The van der Waals surface area contributed by atoms with Gasteiger partial charge in [0, 0.05) is 42.7 Å². The Hall–Kier alpha value is -3.10. The highest BCUT2D eigenvalue weighted by atomic mass is 32.1. The zero-order chi connectivity index (χ0) is 22.5. The number of benzene rings is 2. The Balaban J connectivity index is 1.25. The number of nitrogens with one attached hydrogen (secondary N) is 1. The highest BCUT2D eigenvalue weighted by molar-refractivity contribution is 7.14. The fourth-order valence-corrected chi connectivity index (χ4v) is 4.36. The van der Waals surface area contributed by atoms with Crippen molar-refractivity contribution in [2.24, 2.45) is 0 Å². The van der Waals surface area contributed by atoms with Gasteiger partial charge in [-0.1, -0.05) is 19.1 Å². The van der Waals surface area contributed by atoms with E-state index in [4.69, 9.17) is 0 Å². The minimum atomic E-state index is -0.297. The Labute approximate surface area is 190 Å². The summed E-state index contributed by atoms with van der Waals surface area (Å²) in [4.78, 5) is 33.5. The Morgan fingerprint density at radius 2 is 1.72 bits per heavy atom. The lowest BCUT2D eigenvalue weighted by molar-refractivity contribution is -0.117. The number of aromatic nitrogens is 1. The number of amides is 2. The van der Waals surface area contributed by atoms with Crippen LogP contribution < -0.4 is 5.32 Å². The van der Waals surface area contributed by atoms with Crippen LogP contribution in [0, 0.1) is 5.82 Å². The molecule has 4 rings (SSSR count). The highest BCUT2D eigenvalue weighted by Gasteiger charge is 2.23. The number of carbonyl (C=O) groups excluding carboxylic acids is 2. The quantitative estimate of drug-likeness (QED) is 0.616. The van der Waals surface area contributed by atoms with Crippen molar-refractivity contribution >= 4 is 28.3 Å². The first kappa shape index (κ1) is 22.1. The van der Waals surface area contributed by atoms with E-state index in [2.05, 4.69) is 17.2 Å². The largest absolute Gasteiger partial charge is 0.336 e. The molecule has 1 saturated heterocycles. The second-order valence-electron chi connectivity index (χ2n) is 7.71. The Morgan fingerprint density at radius 3 is 2.38 bits per heavy atom. The van der Waals surface area contributed by atoms with E-state index in [1.54, 1.807) is 12.1 Å². The summed E-state index contributed by atoms with van der Waals surface area (Å²) in [6.07, 6.45) is 0.948. The molecule has 0 radical (unpaired) electrons. The fourth-order valence-electron chi connectivity index (χ4n) is 3.62. The van der Waals surface area contributed by atoms with Gasteiger partial charge in [0.05, 0.1) is 12.2 Å². The second-order valence-corrected chi connectivity index (χ2v) is 8.57. The number of halogens is 1. The maximum Gasteiger partial charge on any atom is 0.253 e. The summed E-state index contributed by atoms with van der Waals surface area (Å²) in [5.74, 6) is -0.401. The van der Waals surface area contributed by atoms with E-state index in [-0.39, 0.29) is 24.2 Å². The lowest BCUT2D eigenvalue weighted by atomic mass is 10.1. The van der Waals surface area contributed by atoms with Gasteiger partial charge in [-0.25, -0.2) is 9.37 Å². The molecule has 0 atom stereocenters. The first-order chi connectivity index (χ1) is 15.5. The number of nitrogens with zero attached hydrogens (tertiary/aromatic N) is 3. The van der Waals surface area contributed by atoms with Crippen LogP contribution in [-0.4, -0.2) is 59.3 Å². The third-order valence-electron chi connectivity index (χ3n) is 5.53. The van der Waals surface area contributed by atoms with E-state index in [1.165, 1.54) is 29.0 Å². The van der Waals surface area contributed by atoms with E-state index in [1.807, 2.05) is 39.4 Å². The van der Waals surface area contributed by atoms with Crippen LogP contribution in [0.1, 0.15) is 22.8 Å². The van der Waals surface area contributed by atoms with Gasteiger partial charge in [0.15, 0.2) is 5.13 Å². The molecule has 2 aromatic carbocycles. The lowest BCUT2D eigenvalue weighted by Crippen LogP contribution is -2.50. The molecule has 1 N–H and O–H groups in total. The number of carbonyl (C=O) groups is 2. The Bertz CT molecular complexity index is 1070. The second kappa shape index (κ2) is 10.0. The smallest absolute Gasteiger partial charge is 0.253 e. The van der Waals surface area contributed by atoms with Gasteiger partial charge in [-0.3, -0.25) is 14.5 Å². The summed E-state index contributed by atoms with van der Waals surface area (Å²) in [5, 5.41) is 5.18. The first-order valence-corrected chi connectivity index (χ1v) is 11.5. The molecule has 0 saturated carbocycles. The van der Waals surface area contributed by atoms with Crippen molar-refractivity contribution in [3.63, 3.8) is 0 Å². The lowest BCUT2D eigenvalue weighted by Gasteiger charge is -2.34. The Morgan fingerprint density at radius 1 is 1.03 bits per heavy atom. The van der Waals surface area contributed by atoms with E-state index in [0.717, 1.165) is 12.0 Å². The maximum absolute atomic E-state index is 13.1. The van der Waals surface area contributed by atoms with Gasteiger partial charge in [0.2, 0.25) is 5.91 Å². The van der Waals surface area contributed by atoms with Crippen molar-refractivity contribution in [3.05, 3.63) is 70.9 Å². The van der Waals surface area contributed by atoms with Crippen LogP contribution in [-0.2, 0) is 11.2 Å². The van der Waals surface area contributed by atoms with Crippen molar-refractivity contribution in [2.45, 2.75) is 13.3 Å². The molecule has 1 aliphatic heterocycles. The molecule has 2 heterocycles. The normalized spacial score (nSPS) is 14.4. The average molecular weight is 453 g/mol. The number of piperazine rings is 1. The van der Waals surface area contributed by atoms with Crippen molar-refractivity contribution in [1.82, 2.24) is 14.8 Å². The molecule has 2 amide bonds. The van der Waals surface area contributed by atoms with Gasteiger partial charge >= 0.3 is 0 Å². The summed E-state index contributed by atoms with van der Waals surface area (Å²) < 4.78 is 13.1. The molecule has 8 heteroatoms. The molecule has 6 nitrogen and oxygen atoms in total. The topological polar surface area (TPSA) is 65.5 Å². The van der Waals surface area contributed by atoms with Crippen molar-refractivity contribution < 1.29 is 14.0 Å². The van der Waals surface area contributed by atoms with Crippen LogP contribution in [0.25, 0.3) is 11.3 Å². The zero-order valence-corrected chi connectivity index (χ0v) is 18.7. The number of rotatable bonds is 6. The molecular weight excluding hydrogens is 427 g/mol. The summed E-state index contributed by atoms with van der Waals surface area (Å²) in [7, 11) is 0. The summed E-state index contributed by atoms with van der Waals surface area (Å²) in [6.45, 7) is 4.81. The van der Waals surface area contributed by atoms with Gasteiger partial charge in [-0.05, 0) is 48.4 Å². The predicted octanol–water partition coefficient (Wildman–Crippen LogP) is 3.91.